The molecule has 0 saturated heterocycles. The Morgan fingerprint density at radius 1 is 0.909 bits per heavy atom. The van der Waals surface area contributed by atoms with E-state index < -0.39 is 0 Å². The van der Waals surface area contributed by atoms with Crippen molar-refractivity contribution in [3.8, 4) is 11.1 Å². The number of rotatable bonds is 3. The van der Waals surface area contributed by atoms with E-state index >= 15 is 0 Å². The highest BCUT2D eigenvalue weighted by Crippen LogP contribution is 2.33. The summed E-state index contributed by atoms with van der Waals surface area (Å²) in [7, 11) is 0. The number of hydrogen-bond donors (Lipinski definition) is 2. The largest absolute Gasteiger partial charge is 0.398 e. The number of allylic oxidation sites excluding steroid dienone is 3. The van der Waals surface area contributed by atoms with E-state index in [9.17, 15) is 0 Å². The summed E-state index contributed by atoms with van der Waals surface area (Å²) in [4.78, 5) is 0. The fourth-order valence-electron chi connectivity index (χ4n) is 2.83. The normalized spacial score (nSPS) is 16.1. The maximum Gasteiger partial charge on any atom is 0.0702 e. The van der Waals surface area contributed by atoms with Gasteiger partial charge in [0.25, 0.3) is 0 Å². The van der Waals surface area contributed by atoms with Crippen LogP contribution in [-0.2, 0) is 0 Å². The predicted octanol–water partition coefficient (Wildman–Crippen LogP) is 4.53. The lowest BCUT2D eigenvalue weighted by molar-refractivity contribution is 0.634. The summed E-state index contributed by atoms with van der Waals surface area (Å²) >= 11 is 0. The minimum Gasteiger partial charge on any atom is -0.398 e. The molecule has 0 amide bonds. The quantitative estimate of drug-likeness (QED) is 0.801. The van der Waals surface area contributed by atoms with E-state index in [1.165, 1.54) is 0 Å². The maximum atomic E-state index is 8.50. The van der Waals surface area contributed by atoms with Gasteiger partial charge < -0.3 is 5.73 Å². The van der Waals surface area contributed by atoms with Crippen LogP contribution in [-0.4, -0.2) is 5.71 Å². The average Bonchev–Trinajstić information content (AvgIpc) is 2.80. The summed E-state index contributed by atoms with van der Waals surface area (Å²) in [6.07, 6.45) is 4.08. The first-order chi connectivity index (χ1) is 10.5. The van der Waals surface area contributed by atoms with Crippen molar-refractivity contribution >= 4 is 5.71 Å². The fourth-order valence-corrected chi connectivity index (χ4v) is 2.83. The molecule has 1 aliphatic rings. The summed E-state index contributed by atoms with van der Waals surface area (Å²) in [5.41, 5.74) is 11.2. The summed E-state index contributed by atoms with van der Waals surface area (Å²) in [6, 6.07) is 18.3. The molecule has 0 atom stereocenters. The highest BCUT2D eigenvalue weighted by molar-refractivity contribution is 6.14. The number of benzene rings is 2. The van der Waals surface area contributed by atoms with Crippen molar-refractivity contribution in [2.24, 2.45) is 11.1 Å². The van der Waals surface area contributed by atoms with E-state index in [4.69, 9.17) is 11.1 Å². The molecule has 0 saturated carbocycles. The zero-order chi connectivity index (χ0) is 15.7. The third kappa shape index (κ3) is 2.73. The molecular formula is C20H20N2. The Kier molecular flexibility index (Phi) is 3.45. The average molecular weight is 288 g/mol. The molecule has 2 nitrogen and oxygen atoms in total. The fraction of sp³-hybridized carbons (Fsp3) is 0.150. The second-order valence-corrected chi connectivity index (χ2v) is 6.30. The Bertz CT molecular complexity index is 780. The predicted molar refractivity (Wildman–Crippen MR) is 92.8 cm³/mol. The first kappa shape index (κ1) is 14.3. The molecule has 110 valence electrons. The first-order valence-electron chi connectivity index (χ1n) is 7.43. The summed E-state index contributed by atoms with van der Waals surface area (Å²) in [5.74, 6) is 0. The van der Waals surface area contributed by atoms with Crippen LogP contribution in [0.2, 0.25) is 0 Å². The summed E-state index contributed by atoms with van der Waals surface area (Å²) in [5, 5.41) is 8.50. The van der Waals surface area contributed by atoms with Crippen molar-refractivity contribution in [2.75, 3.05) is 0 Å². The molecule has 2 aromatic carbocycles. The number of nitrogens with one attached hydrogen (secondary N) is 1. The summed E-state index contributed by atoms with van der Waals surface area (Å²) < 4.78 is 0. The maximum absolute atomic E-state index is 8.50. The van der Waals surface area contributed by atoms with Gasteiger partial charge in [-0.25, -0.2) is 0 Å². The van der Waals surface area contributed by atoms with Crippen molar-refractivity contribution in [1.82, 2.24) is 0 Å². The van der Waals surface area contributed by atoms with Crippen LogP contribution < -0.4 is 5.73 Å². The van der Waals surface area contributed by atoms with E-state index in [0.717, 1.165) is 22.3 Å². The van der Waals surface area contributed by atoms with Gasteiger partial charge in [0.1, 0.15) is 0 Å². The zero-order valence-corrected chi connectivity index (χ0v) is 12.9. The Balaban J connectivity index is 1.97. The monoisotopic (exact) mass is 288 g/mol. The molecule has 0 aromatic heterocycles. The number of hydrogen-bond acceptors (Lipinski definition) is 2. The molecule has 2 heteroatoms. The minimum absolute atomic E-state index is 0.0806. The molecule has 3 N–H and O–H groups in total. The molecule has 1 aliphatic carbocycles. The van der Waals surface area contributed by atoms with E-state index in [2.05, 4.69) is 44.2 Å². The van der Waals surface area contributed by atoms with Gasteiger partial charge in [0, 0.05) is 22.2 Å². The molecule has 3 rings (SSSR count). The Hall–Kier alpha value is -2.61. The topological polar surface area (TPSA) is 49.9 Å². The molecule has 22 heavy (non-hydrogen) atoms. The van der Waals surface area contributed by atoms with Gasteiger partial charge in [-0.15, -0.1) is 0 Å². The molecule has 0 bridgehead atoms. The standard InChI is InChI=1S/C20H20N2/c1-20(2)12-17(18(21)13-20)19(22)16-10-6-9-15(11-16)14-7-4-3-5-8-14/h3-13,22H,21H2,1-2H3. The van der Waals surface area contributed by atoms with Gasteiger partial charge in [-0.2, -0.15) is 0 Å². The van der Waals surface area contributed by atoms with Gasteiger partial charge in [-0.05, 0) is 17.2 Å². The van der Waals surface area contributed by atoms with Gasteiger partial charge in [-0.3, -0.25) is 5.41 Å². The van der Waals surface area contributed by atoms with Crippen LogP contribution in [0.3, 0.4) is 0 Å². The minimum atomic E-state index is -0.0806. The van der Waals surface area contributed by atoms with Crippen LogP contribution >= 0.6 is 0 Å². The Morgan fingerprint density at radius 2 is 1.59 bits per heavy atom. The molecule has 0 spiro atoms. The molecule has 0 radical (unpaired) electrons. The SMILES string of the molecule is CC1(C)C=C(N)C(C(=N)c2cccc(-c3ccccc3)c2)=C1. The van der Waals surface area contributed by atoms with Crippen molar-refractivity contribution in [1.29, 1.82) is 5.41 Å². The molecule has 0 heterocycles. The lowest BCUT2D eigenvalue weighted by Crippen LogP contribution is -2.09. The van der Waals surface area contributed by atoms with Crippen molar-refractivity contribution in [3.63, 3.8) is 0 Å². The Morgan fingerprint density at radius 3 is 2.23 bits per heavy atom. The van der Waals surface area contributed by atoms with E-state index in [1.807, 2.05) is 36.4 Å². The molecule has 0 aliphatic heterocycles. The zero-order valence-electron chi connectivity index (χ0n) is 12.9. The summed E-state index contributed by atoms with van der Waals surface area (Å²) in [6.45, 7) is 4.20. The van der Waals surface area contributed by atoms with E-state index in [-0.39, 0.29) is 5.41 Å². The Labute approximate surface area is 131 Å². The smallest absolute Gasteiger partial charge is 0.0702 e. The first-order valence-corrected chi connectivity index (χ1v) is 7.43. The van der Waals surface area contributed by atoms with Crippen molar-refractivity contribution < 1.29 is 0 Å². The van der Waals surface area contributed by atoms with Crippen molar-refractivity contribution in [3.05, 3.63) is 83.6 Å². The third-order valence-electron chi connectivity index (χ3n) is 3.88. The van der Waals surface area contributed by atoms with Gasteiger partial charge in [0.15, 0.2) is 0 Å². The van der Waals surface area contributed by atoms with Gasteiger partial charge in [0.2, 0.25) is 0 Å². The van der Waals surface area contributed by atoms with Crippen LogP contribution in [0.15, 0.2) is 78.0 Å². The lowest BCUT2D eigenvalue weighted by atomic mass is 9.94. The van der Waals surface area contributed by atoms with E-state index in [1.54, 1.807) is 0 Å². The van der Waals surface area contributed by atoms with Crippen LogP contribution in [0.25, 0.3) is 11.1 Å². The lowest BCUT2D eigenvalue weighted by Gasteiger charge is -2.10. The van der Waals surface area contributed by atoms with E-state index in [0.29, 0.717) is 11.4 Å². The molecule has 2 aromatic rings. The van der Waals surface area contributed by atoms with Gasteiger partial charge in [-0.1, -0.05) is 74.5 Å². The van der Waals surface area contributed by atoms with Crippen LogP contribution in [0.1, 0.15) is 19.4 Å². The second-order valence-electron chi connectivity index (χ2n) is 6.30. The number of nitrogens with two attached hydrogens (primary N) is 1. The van der Waals surface area contributed by atoms with Crippen molar-refractivity contribution in [2.45, 2.75) is 13.8 Å². The van der Waals surface area contributed by atoms with Crippen LogP contribution in [0.5, 0.6) is 0 Å². The molecule has 0 fully saturated rings. The van der Waals surface area contributed by atoms with Crippen LogP contribution in [0.4, 0.5) is 0 Å². The highest BCUT2D eigenvalue weighted by atomic mass is 14.6. The highest BCUT2D eigenvalue weighted by Gasteiger charge is 2.24. The second kappa shape index (κ2) is 5.30. The van der Waals surface area contributed by atoms with Gasteiger partial charge >= 0.3 is 0 Å². The van der Waals surface area contributed by atoms with Crippen LogP contribution in [0, 0.1) is 10.8 Å². The third-order valence-corrected chi connectivity index (χ3v) is 3.88. The molecular weight excluding hydrogens is 268 g/mol. The van der Waals surface area contributed by atoms with Gasteiger partial charge in [0.05, 0.1) is 5.71 Å². The molecule has 0 unspecified atom stereocenters.